The zero-order valence-electron chi connectivity index (χ0n) is 19.4. The Morgan fingerprint density at radius 1 is 0.788 bits per heavy atom. The van der Waals surface area contributed by atoms with Crippen molar-refractivity contribution in [2.45, 2.75) is 34.2 Å². The lowest BCUT2D eigenvalue weighted by molar-refractivity contribution is -0.137. The summed E-state index contributed by atoms with van der Waals surface area (Å²) in [6.07, 6.45) is 0. The first-order chi connectivity index (χ1) is 15.9. The van der Waals surface area contributed by atoms with E-state index in [-0.39, 0.29) is 18.4 Å². The topological polar surface area (TPSA) is 58.6 Å². The highest BCUT2D eigenvalue weighted by Gasteiger charge is 2.39. The molecule has 0 bridgehead atoms. The highest BCUT2D eigenvalue weighted by molar-refractivity contribution is 6.36. The number of nitrogens with zero attached hydrogens (tertiary/aromatic N) is 1. The van der Waals surface area contributed by atoms with Crippen LogP contribution in [0.5, 0.6) is 5.75 Å². The summed E-state index contributed by atoms with van der Waals surface area (Å²) >= 11 is 0. The predicted molar refractivity (Wildman–Crippen MR) is 131 cm³/mol. The fourth-order valence-electron chi connectivity index (χ4n) is 4.06. The van der Waals surface area contributed by atoms with Crippen LogP contribution in [0.1, 0.15) is 34.7 Å². The number of aryl methyl sites for hydroxylation is 3. The molecule has 0 unspecified atom stereocenters. The maximum absolute atomic E-state index is 13.5. The third-order valence-corrected chi connectivity index (χ3v) is 5.57. The van der Waals surface area contributed by atoms with Gasteiger partial charge in [-0.2, -0.15) is 0 Å². The molecule has 2 amide bonds. The van der Waals surface area contributed by atoms with E-state index in [0.29, 0.717) is 23.4 Å². The standard InChI is InChI=1S/C28H28N2O3/c1-5-33-24-12-10-22(11-13-24)25-26(29-23-15-19(3)14-20(4)16-23)28(32)30(27(25)31)17-21-8-6-18(2)7-9-21/h6-16,29H,5,17H2,1-4H3. The molecule has 0 spiro atoms. The molecule has 0 aliphatic carbocycles. The van der Waals surface area contributed by atoms with Crippen molar-refractivity contribution < 1.29 is 14.3 Å². The summed E-state index contributed by atoms with van der Waals surface area (Å²) in [6, 6.07) is 21.1. The van der Waals surface area contributed by atoms with E-state index in [1.807, 2.05) is 88.4 Å². The van der Waals surface area contributed by atoms with Gasteiger partial charge in [0.2, 0.25) is 0 Å². The van der Waals surface area contributed by atoms with Crippen LogP contribution in [0, 0.1) is 20.8 Å². The number of anilines is 1. The normalized spacial score (nSPS) is 13.6. The fraction of sp³-hybridized carbons (Fsp3) is 0.214. The smallest absolute Gasteiger partial charge is 0.278 e. The van der Waals surface area contributed by atoms with Crippen LogP contribution < -0.4 is 10.1 Å². The van der Waals surface area contributed by atoms with Gasteiger partial charge in [-0.1, -0.05) is 48.0 Å². The summed E-state index contributed by atoms with van der Waals surface area (Å²) in [5.74, 6) is 0.0826. The Kier molecular flexibility index (Phi) is 6.31. The van der Waals surface area contributed by atoms with Crippen LogP contribution in [-0.2, 0) is 16.1 Å². The van der Waals surface area contributed by atoms with E-state index in [0.717, 1.165) is 33.7 Å². The van der Waals surface area contributed by atoms with Crippen LogP contribution in [0.25, 0.3) is 5.57 Å². The average molecular weight is 441 g/mol. The number of nitrogens with one attached hydrogen (secondary N) is 1. The van der Waals surface area contributed by atoms with Crippen molar-refractivity contribution in [3.05, 3.63) is 100 Å². The summed E-state index contributed by atoms with van der Waals surface area (Å²) in [5, 5.41) is 3.25. The first kappa shape index (κ1) is 22.3. The number of rotatable bonds is 7. The van der Waals surface area contributed by atoms with E-state index in [2.05, 4.69) is 11.4 Å². The molecule has 4 rings (SSSR count). The molecule has 0 saturated carbocycles. The molecular formula is C28H28N2O3. The molecule has 3 aromatic carbocycles. The highest BCUT2D eigenvalue weighted by Crippen LogP contribution is 2.32. The van der Waals surface area contributed by atoms with Gasteiger partial charge in [0, 0.05) is 5.69 Å². The number of imide groups is 1. The second-order valence-corrected chi connectivity index (χ2v) is 8.39. The van der Waals surface area contributed by atoms with Crippen molar-refractivity contribution in [1.82, 2.24) is 4.90 Å². The molecule has 0 saturated heterocycles. The SMILES string of the molecule is CCOc1ccc(C2=C(Nc3cc(C)cc(C)c3)C(=O)N(Cc3ccc(C)cc3)C2=O)cc1. The molecule has 0 aromatic heterocycles. The summed E-state index contributed by atoms with van der Waals surface area (Å²) < 4.78 is 5.54. The zero-order valence-corrected chi connectivity index (χ0v) is 19.4. The highest BCUT2D eigenvalue weighted by atomic mass is 16.5. The van der Waals surface area contributed by atoms with Crippen molar-refractivity contribution in [2.24, 2.45) is 0 Å². The van der Waals surface area contributed by atoms with E-state index < -0.39 is 0 Å². The van der Waals surface area contributed by atoms with Gasteiger partial charge < -0.3 is 10.1 Å². The lowest BCUT2D eigenvalue weighted by Gasteiger charge is -2.16. The lowest BCUT2D eigenvalue weighted by atomic mass is 10.0. The molecule has 1 heterocycles. The van der Waals surface area contributed by atoms with Crippen LogP contribution in [0.3, 0.4) is 0 Å². The number of carbonyl (C=O) groups excluding carboxylic acids is 2. The number of amides is 2. The van der Waals surface area contributed by atoms with E-state index in [4.69, 9.17) is 4.74 Å². The minimum absolute atomic E-state index is 0.219. The molecule has 1 N–H and O–H groups in total. The summed E-state index contributed by atoms with van der Waals surface area (Å²) in [7, 11) is 0. The maximum atomic E-state index is 13.5. The predicted octanol–water partition coefficient (Wildman–Crippen LogP) is 5.40. The van der Waals surface area contributed by atoms with Gasteiger partial charge in [-0.15, -0.1) is 0 Å². The second kappa shape index (κ2) is 9.33. The van der Waals surface area contributed by atoms with Crippen molar-refractivity contribution >= 4 is 23.1 Å². The zero-order chi connectivity index (χ0) is 23.5. The molecule has 0 fully saturated rings. The van der Waals surface area contributed by atoms with Gasteiger partial charge in [0.15, 0.2) is 0 Å². The average Bonchev–Trinajstić information content (AvgIpc) is 2.99. The Bertz CT molecular complexity index is 1200. The molecule has 3 aromatic rings. The summed E-state index contributed by atoms with van der Waals surface area (Å²) in [6.45, 7) is 8.72. The van der Waals surface area contributed by atoms with Crippen molar-refractivity contribution in [1.29, 1.82) is 0 Å². The van der Waals surface area contributed by atoms with Crippen molar-refractivity contribution in [2.75, 3.05) is 11.9 Å². The van der Waals surface area contributed by atoms with Gasteiger partial charge in [-0.3, -0.25) is 14.5 Å². The Labute approximate surface area is 194 Å². The molecule has 33 heavy (non-hydrogen) atoms. The third-order valence-electron chi connectivity index (χ3n) is 5.57. The number of hydrogen-bond donors (Lipinski definition) is 1. The monoisotopic (exact) mass is 440 g/mol. The van der Waals surface area contributed by atoms with E-state index in [1.54, 1.807) is 0 Å². The van der Waals surface area contributed by atoms with E-state index >= 15 is 0 Å². The van der Waals surface area contributed by atoms with Crippen LogP contribution in [0.15, 0.2) is 72.4 Å². The minimum Gasteiger partial charge on any atom is -0.494 e. The summed E-state index contributed by atoms with van der Waals surface area (Å²) in [4.78, 5) is 28.3. The number of ether oxygens (including phenoxy) is 1. The van der Waals surface area contributed by atoms with Gasteiger partial charge in [0.05, 0.1) is 18.7 Å². The Morgan fingerprint density at radius 3 is 2.03 bits per heavy atom. The number of benzene rings is 3. The quantitative estimate of drug-likeness (QED) is 0.500. The summed E-state index contributed by atoms with van der Waals surface area (Å²) in [5.41, 5.74) is 6.31. The first-order valence-corrected chi connectivity index (χ1v) is 11.1. The Balaban J connectivity index is 1.73. The second-order valence-electron chi connectivity index (χ2n) is 8.39. The number of carbonyl (C=O) groups is 2. The van der Waals surface area contributed by atoms with E-state index in [1.165, 1.54) is 4.90 Å². The van der Waals surface area contributed by atoms with Gasteiger partial charge in [0.25, 0.3) is 11.8 Å². The van der Waals surface area contributed by atoms with Crippen LogP contribution >= 0.6 is 0 Å². The minimum atomic E-state index is -0.330. The van der Waals surface area contributed by atoms with Crippen LogP contribution in [0.4, 0.5) is 5.69 Å². The molecule has 0 radical (unpaired) electrons. The van der Waals surface area contributed by atoms with Gasteiger partial charge in [0.1, 0.15) is 11.4 Å². The van der Waals surface area contributed by atoms with Crippen LogP contribution in [0.2, 0.25) is 0 Å². The molecule has 1 aliphatic rings. The third kappa shape index (κ3) is 4.82. The lowest BCUT2D eigenvalue weighted by Crippen LogP contribution is -2.32. The molecule has 5 nitrogen and oxygen atoms in total. The molecule has 1 aliphatic heterocycles. The van der Waals surface area contributed by atoms with E-state index in [9.17, 15) is 9.59 Å². The maximum Gasteiger partial charge on any atom is 0.278 e. The van der Waals surface area contributed by atoms with Crippen molar-refractivity contribution in [3.63, 3.8) is 0 Å². The largest absolute Gasteiger partial charge is 0.494 e. The van der Waals surface area contributed by atoms with Crippen LogP contribution in [-0.4, -0.2) is 23.3 Å². The van der Waals surface area contributed by atoms with Gasteiger partial charge in [-0.05, 0) is 74.2 Å². The Morgan fingerprint density at radius 2 is 1.42 bits per heavy atom. The van der Waals surface area contributed by atoms with Gasteiger partial charge in [-0.25, -0.2) is 0 Å². The molecule has 168 valence electrons. The molecular weight excluding hydrogens is 412 g/mol. The van der Waals surface area contributed by atoms with Crippen molar-refractivity contribution in [3.8, 4) is 5.75 Å². The Hall–Kier alpha value is -3.86. The molecule has 0 atom stereocenters. The first-order valence-electron chi connectivity index (χ1n) is 11.1. The fourth-order valence-corrected chi connectivity index (χ4v) is 4.06. The number of hydrogen-bond acceptors (Lipinski definition) is 4. The van der Waals surface area contributed by atoms with Gasteiger partial charge >= 0.3 is 0 Å². The molecule has 5 heteroatoms.